The number of benzene rings is 1. The molecular weight excluding hydrogens is 238 g/mol. The Hall–Kier alpha value is -1.22. The standard InChI is InChI=1S/C16H25NO2/c1-3-6-14-7-4-5-10-17(14)12-13-8-9-16(19-2)15(18)11-13/h8-9,11,14,18H,3-7,10,12H2,1-2H3. The van der Waals surface area contributed by atoms with Gasteiger partial charge in [0.15, 0.2) is 11.5 Å². The Bertz CT molecular complexity index is 404. The zero-order chi connectivity index (χ0) is 13.7. The maximum absolute atomic E-state index is 9.85. The molecule has 1 N–H and O–H groups in total. The smallest absolute Gasteiger partial charge is 0.160 e. The molecule has 3 nitrogen and oxygen atoms in total. The highest BCUT2D eigenvalue weighted by atomic mass is 16.5. The van der Waals surface area contributed by atoms with E-state index in [0.29, 0.717) is 11.8 Å². The topological polar surface area (TPSA) is 32.7 Å². The molecule has 1 aromatic rings. The van der Waals surface area contributed by atoms with Crippen LogP contribution in [0.25, 0.3) is 0 Å². The number of rotatable bonds is 5. The van der Waals surface area contributed by atoms with Gasteiger partial charge in [0.05, 0.1) is 7.11 Å². The molecule has 1 saturated heterocycles. The first-order valence-corrected chi connectivity index (χ1v) is 7.34. The summed E-state index contributed by atoms with van der Waals surface area (Å²) in [6.07, 6.45) is 6.49. The van der Waals surface area contributed by atoms with E-state index in [1.807, 2.05) is 12.1 Å². The normalized spacial score (nSPS) is 20.4. The lowest BCUT2D eigenvalue weighted by molar-refractivity contribution is 0.131. The van der Waals surface area contributed by atoms with Crippen LogP contribution in [0.5, 0.6) is 11.5 Å². The van der Waals surface area contributed by atoms with E-state index in [1.54, 1.807) is 7.11 Å². The van der Waals surface area contributed by atoms with Gasteiger partial charge in [-0.25, -0.2) is 0 Å². The van der Waals surface area contributed by atoms with Crippen LogP contribution in [0.4, 0.5) is 0 Å². The number of methoxy groups -OCH3 is 1. The Morgan fingerprint density at radius 2 is 2.21 bits per heavy atom. The lowest BCUT2D eigenvalue weighted by atomic mass is 9.97. The number of hydrogen-bond acceptors (Lipinski definition) is 3. The molecule has 1 heterocycles. The third-order valence-corrected chi connectivity index (χ3v) is 4.00. The number of ether oxygens (including phenoxy) is 1. The minimum atomic E-state index is 0.240. The van der Waals surface area contributed by atoms with Crippen molar-refractivity contribution in [1.82, 2.24) is 4.90 Å². The van der Waals surface area contributed by atoms with Gasteiger partial charge in [-0.3, -0.25) is 4.90 Å². The molecule has 0 bridgehead atoms. The Morgan fingerprint density at radius 3 is 2.89 bits per heavy atom. The minimum Gasteiger partial charge on any atom is -0.504 e. The van der Waals surface area contributed by atoms with Gasteiger partial charge in [0.25, 0.3) is 0 Å². The molecule has 1 aliphatic rings. The fourth-order valence-electron chi connectivity index (χ4n) is 3.00. The van der Waals surface area contributed by atoms with E-state index in [1.165, 1.54) is 44.2 Å². The molecule has 1 aromatic carbocycles. The Labute approximate surface area is 116 Å². The molecule has 0 amide bonds. The van der Waals surface area contributed by atoms with E-state index in [0.717, 1.165) is 6.54 Å². The Kier molecular flexibility index (Phi) is 5.08. The molecule has 19 heavy (non-hydrogen) atoms. The average Bonchev–Trinajstić information content (AvgIpc) is 2.41. The van der Waals surface area contributed by atoms with Crippen molar-refractivity contribution in [1.29, 1.82) is 0 Å². The summed E-state index contributed by atoms with van der Waals surface area (Å²) in [7, 11) is 1.58. The maximum Gasteiger partial charge on any atom is 0.160 e. The fraction of sp³-hybridized carbons (Fsp3) is 0.625. The number of phenolic OH excluding ortho intramolecular Hbond substituents is 1. The highest BCUT2D eigenvalue weighted by molar-refractivity contribution is 5.41. The van der Waals surface area contributed by atoms with Crippen LogP contribution in [0.3, 0.4) is 0 Å². The summed E-state index contributed by atoms with van der Waals surface area (Å²) in [6, 6.07) is 6.44. The minimum absolute atomic E-state index is 0.240. The summed E-state index contributed by atoms with van der Waals surface area (Å²) in [5, 5.41) is 9.85. The predicted octanol–water partition coefficient (Wildman–Crippen LogP) is 3.56. The quantitative estimate of drug-likeness (QED) is 0.881. The van der Waals surface area contributed by atoms with Crippen molar-refractivity contribution in [3.8, 4) is 11.5 Å². The van der Waals surface area contributed by atoms with Crippen LogP contribution in [-0.4, -0.2) is 29.7 Å². The van der Waals surface area contributed by atoms with Gasteiger partial charge in [-0.15, -0.1) is 0 Å². The van der Waals surface area contributed by atoms with Gasteiger partial charge in [-0.1, -0.05) is 25.8 Å². The molecule has 0 aliphatic carbocycles. The maximum atomic E-state index is 9.85. The molecule has 0 saturated carbocycles. The third-order valence-electron chi connectivity index (χ3n) is 4.00. The van der Waals surface area contributed by atoms with Gasteiger partial charge in [-0.2, -0.15) is 0 Å². The lowest BCUT2D eigenvalue weighted by Gasteiger charge is -2.35. The number of phenols is 1. The van der Waals surface area contributed by atoms with Gasteiger partial charge in [0.2, 0.25) is 0 Å². The molecule has 0 spiro atoms. The van der Waals surface area contributed by atoms with Crippen LogP contribution in [0.1, 0.15) is 44.6 Å². The first kappa shape index (κ1) is 14.2. The van der Waals surface area contributed by atoms with Crippen molar-refractivity contribution in [3.05, 3.63) is 23.8 Å². The highest BCUT2D eigenvalue weighted by Crippen LogP contribution is 2.28. The molecule has 106 valence electrons. The summed E-state index contributed by atoms with van der Waals surface area (Å²) < 4.78 is 5.09. The molecule has 3 heteroatoms. The molecule has 2 rings (SSSR count). The van der Waals surface area contributed by atoms with Crippen molar-refractivity contribution in [2.45, 2.75) is 51.6 Å². The van der Waals surface area contributed by atoms with Gasteiger partial charge >= 0.3 is 0 Å². The van der Waals surface area contributed by atoms with Crippen molar-refractivity contribution < 1.29 is 9.84 Å². The summed E-state index contributed by atoms with van der Waals surface area (Å²) in [5.74, 6) is 0.788. The molecular formula is C16H25NO2. The Morgan fingerprint density at radius 1 is 1.37 bits per heavy atom. The number of aromatic hydroxyl groups is 1. The molecule has 1 unspecified atom stereocenters. The summed E-state index contributed by atoms with van der Waals surface area (Å²) >= 11 is 0. The van der Waals surface area contributed by atoms with E-state index >= 15 is 0 Å². The summed E-state index contributed by atoms with van der Waals surface area (Å²) in [6.45, 7) is 4.37. The van der Waals surface area contributed by atoms with Crippen molar-refractivity contribution in [2.24, 2.45) is 0 Å². The fourth-order valence-corrected chi connectivity index (χ4v) is 3.00. The molecule has 1 fully saturated rings. The van der Waals surface area contributed by atoms with Crippen LogP contribution in [0.2, 0.25) is 0 Å². The molecule has 1 aliphatic heterocycles. The zero-order valence-corrected chi connectivity index (χ0v) is 12.1. The van der Waals surface area contributed by atoms with Gasteiger partial charge in [0.1, 0.15) is 0 Å². The summed E-state index contributed by atoms with van der Waals surface area (Å²) in [5.41, 5.74) is 1.17. The van der Waals surface area contributed by atoms with Crippen molar-refractivity contribution in [3.63, 3.8) is 0 Å². The van der Waals surface area contributed by atoms with Gasteiger partial charge in [0, 0.05) is 12.6 Å². The van der Waals surface area contributed by atoms with E-state index < -0.39 is 0 Å². The van der Waals surface area contributed by atoms with Gasteiger partial charge < -0.3 is 9.84 Å². The second kappa shape index (κ2) is 6.80. The molecule has 0 aromatic heterocycles. The number of nitrogens with zero attached hydrogens (tertiary/aromatic N) is 1. The van der Waals surface area contributed by atoms with Crippen LogP contribution in [0.15, 0.2) is 18.2 Å². The first-order chi connectivity index (χ1) is 9.24. The first-order valence-electron chi connectivity index (χ1n) is 7.34. The van der Waals surface area contributed by atoms with Crippen LogP contribution in [-0.2, 0) is 6.54 Å². The lowest BCUT2D eigenvalue weighted by Crippen LogP contribution is -2.38. The van der Waals surface area contributed by atoms with Gasteiger partial charge in [-0.05, 0) is 43.5 Å². The monoisotopic (exact) mass is 263 g/mol. The van der Waals surface area contributed by atoms with E-state index in [-0.39, 0.29) is 5.75 Å². The zero-order valence-electron chi connectivity index (χ0n) is 12.1. The SMILES string of the molecule is CCCC1CCCCN1Cc1ccc(OC)c(O)c1. The van der Waals surface area contributed by atoms with E-state index in [9.17, 15) is 5.11 Å². The largest absolute Gasteiger partial charge is 0.504 e. The number of likely N-dealkylation sites (tertiary alicyclic amines) is 1. The van der Waals surface area contributed by atoms with Crippen LogP contribution in [0, 0.1) is 0 Å². The summed E-state index contributed by atoms with van der Waals surface area (Å²) in [4.78, 5) is 2.56. The van der Waals surface area contributed by atoms with Crippen molar-refractivity contribution >= 4 is 0 Å². The second-order valence-corrected chi connectivity index (χ2v) is 5.41. The second-order valence-electron chi connectivity index (χ2n) is 5.41. The Balaban J connectivity index is 2.04. The third kappa shape index (κ3) is 3.63. The number of hydrogen-bond donors (Lipinski definition) is 1. The molecule has 1 atom stereocenters. The highest BCUT2D eigenvalue weighted by Gasteiger charge is 2.21. The van der Waals surface area contributed by atoms with Crippen LogP contribution >= 0.6 is 0 Å². The predicted molar refractivity (Wildman–Crippen MR) is 77.6 cm³/mol. The van der Waals surface area contributed by atoms with E-state index in [4.69, 9.17) is 4.74 Å². The van der Waals surface area contributed by atoms with Crippen LogP contribution < -0.4 is 4.74 Å². The molecule has 0 radical (unpaired) electrons. The van der Waals surface area contributed by atoms with E-state index in [2.05, 4.69) is 17.9 Å². The van der Waals surface area contributed by atoms with Crippen molar-refractivity contribution in [2.75, 3.05) is 13.7 Å². The average molecular weight is 263 g/mol. The number of piperidine rings is 1.